The van der Waals surface area contributed by atoms with Gasteiger partial charge in [0, 0.05) is 35.7 Å². The number of carbonyl (C=O) groups is 1. The second-order valence-corrected chi connectivity index (χ2v) is 6.20. The summed E-state index contributed by atoms with van der Waals surface area (Å²) in [4.78, 5) is 24.5. The van der Waals surface area contributed by atoms with Gasteiger partial charge in [-0.3, -0.25) is 9.59 Å². The van der Waals surface area contributed by atoms with E-state index in [0.717, 1.165) is 18.2 Å². The number of rotatable bonds is 6. The molecule has 33 heavy (non-hydrogen) atoms. The van der Waals surface area contributed by atoms with Crippen molar-refractivity contribution >= 4 is 22.5 Å². The summed E-state index contributed by atoms with van der Waals surface area (Å²) in [5.41, 5.74) is -0.966. The molecule has 2 N–H and O–H groups in total. The van der Waals surface area contributed by atoms with Crippen molar-refractivity contribution in [2.24, 2.45) is 0 Å². The van der Waals surface area contributed by atoms with E-state index in [1.54, 1.807) is 6.92 Å². The first-order valence-electron chi connectivity index (χ1n) is 9.39. The Hall–Kier alpha value is -4.02. The molecule has 3 rings (SSSR count). The summed E-state index contributed by atoms with van der Waals surface area (Å²) in [7, 11) is 2.66. The number of anilines is 1. The van der Waals surface area contributed by atoms with Crippen LogP contribution in [0.15, 0.2) is 47.5 Å². The molecule has 0 atom stereocenters. The minimum absolute atomic E-state index is 0.109. The van der Waals surface area contributed by atoms with Crippen molar-refractivity contribution in [2.45, 2.75) is 6.92 Å². The third-order valence-corrected chi connectivity index (χ3v) is 4.07. The summed E-state index contributed by atoms with van der Waals surface area (Å²) in [6.45, 7) is 2.16. The predicted molar refractivity (Wildman–Crippen MR) is 113 cm³/mol. The molecule has 1 amide bonds. The Labute approximate surface area is 185 Å². The van der Waals surface area contributed by atoms with Gasteiger partial charge in [0.1, 0.15) is 11.5 Å². The Kier molecular flexibility index (Phi) is 8.84. The second-order valence-electron chi connectivity index (χ2n) is 6.20. The third-order valence-electron chi connectivity index (χ3n) is 4.07. The monoisotopic (exact) mass is 468 g/mol. The lowest BCUT2D eigenvalue weighted by Crippen LogP contribution is -2.10. The van der Waals surface area contributed by atoms with Crippen molar-refractivity contribution in [1.82, 2.24) is 4.98 Å². The Morgan fingerprint density at radius 2 is 1.73 bits per heavy atom. The summed E-state index contributed by atoms with van der Waals surface area (Å²) in [6, 6.07) is 5.62. The zero-order chi connectivity index (χ0) is 24.5. The minimum Gasteiger partial charge on any atom is -0.501 e. The number of carbonyl (C=O) groups excluding carboxylic acids is 1. The maximum atomic E-state index is 13.4. The molecule has 1 aromatic heterocycles. The lowest BCUT2D eigenvalue weighted by atomic mass is 10.2. The van der Waals surface area contributed by atoms with Crippen molar-refractivity contribution in [3.8, 4) is 11.5 Å². The maximum absolute atomic E-state index is 13.4. The molecule has 0 saturated carbocycles. The molecule has 0 unspecified atom stereocenters. The van der Waals surface area contributed by atoms with Gasteiger partial charge in [-0.05, 0) is 13.0 Å². The first kappa shape index (κ1) is 25.2. The van der Waals surface area contributed by atoms with Gasteiger partial charge in [-0.1, -0.05) is 0 Å². The highest BCUT2D eigenvalue weighted by atomic mass is 19.2. The van der Waals surface area contributed by atoms with Crippen molar-refractivity contribution in [3.63, 3.8) is 0 Å². The van der Waals surface area contributed by atoms with E-state index in [4.69, 9.17) is 14.2 Å². The predicted octanol–water partition coefficient (Wildman–Crippen LogP) is 4.28. The molecular formula is C22H20F4N2O5. The van der Waals surface area contributed by atoms with E-state index >= 15 is 0 Å². The number of benzene rings is 2. The largest absolute Gasteiger partial charge is 0.501 e. The van der Waals surface area contributed by atoms with Crippen molar-refractivity contribution in [2.75, 3.05) is 26.1 Å². The summed E-state index contributed by atoms with van der Waals surface area (Å²) >= 11 is 0. The van der Waals surface area contributed by atoms with Crippen molar-refractivity contribution < 1.29 is 36.6 Å². The highest BCUT2D eigenvalue weighted by molar-refractivity contribution is 5.99. The number of hydrogen-bond donors (Lipinski definition) is 2. The summed E-state index contributed by atoms with van der Waals surface area (Å²) in [5, 5.41) is 2.51. The molecule has 176 valence electrons. The van der Waals surface area contributed by atoms with Crippen molar-refractivity contribution in [1.29, 1.82) is 0 Å². The number of hydrogen-bond acceptors (Lipinski definition) is 5. The van der Waals surface area contributed by atoms with Gasteiger partial charge in [-0.15, -0.1) is 0 Å². The highest BCUT2D eigenvalue weighted by Gasteiger charge is 2.14. The van der Waals surface area contributed by atoms with Crippen LogP contribution < -0.4 is 20.3 Å². The van der Waals surface area contributed by atoms with Gasteiger partial charge in [-0.25, -0.2) is 17.6 Å². The summed E-state index contributed by atoms with van der Waals surface area (Å²) in [6.07, 6.45) is 2.24. The number of ether oxygens (including phenoxy) is 3. The Morgan fingerprint density at radius 1 is 1.03 bits per heavy atom. The number of aromatic nitrogens is 1. The van der Waals surface area contributed by atoms with Crippen molar-refractivity contribution in [3.05, 3.63) is 76.3 Å². The van der Waals surface area contributed by atoms with E-state index in [0.29, 0.717) is 12.0 Å². The van der Waals surface area contributed by atoms with E-state index < -0.39 is 34.7 Å². The van der Waals surface area contributed by atoms with Crippen LogP contribution in [0.5, 0.6) is 11.5 Å². The zero-order valence-corrected chi connectivity index (χ0v) is 17.8. The molecule has 0 aliphatic rings. The second kappa shape index (κ2) is 11.6. The Balaban J connectivity index is 0.000000237. The van der Waals surface area contributed by atoms with E-state index in [9.17, 15) is 27.2 Å². The quantitative estimate of drug-likeness (QED) is 0.320. The average Bonchev–Trinajstić information content (AvgIpc) is 2.79. The smallest absolute Gasteiger partial charge is 0.251 e. The molecule has 0 spiro atoms. The molecular weight excluding hydrogens is 448 g/mol. The van der Waals surface area contributed by atoms with Gasteiger partial charge in [0.05, 0.1) is 38.3 Å². The summed E-state index contributed by atoms with van der Waals surface area (Å²) in [5.74, 6) is -4.72. The van der Waals surface area contributed by atoms with Crippen LogP contribution in [0.25, 0.3) is 10.9 Å². The van der Waals surface area contributed by atoms with E-state index in [1.165, 1.54) is 38.7 Å². The molecule has 3 aromatic rings. The maximum Gasteiger partial charge on any atom is 0.251 e. The number of halogens is 4. The molecule has 0 fully saturated rings. The van der Waals surface area contributed by atoms with Gasteiger partial charge < -0.3 is 24.5 Å². The third kappa shape index (κ3) is 6.48. The van der Waals surface area contributed by atoms with Gasteiger partial charge >= 0.3 is 0 Å². The minimum atomic E-state index is -1.14. The molecule has 1 heterocycles. The Morgan fingerprint density at radius 3 is 2.36 bits per heavy atom. The SMILES string of the molecule is CCO/C=C/C(=O)Nc1cc(OC)cc(F)c1F.COc1cc(F)c(F)c2[nH]c(=O)ccc12. The zero-order valence-electron chi connectivity index (χ0n) is 17.8. The lowest BCUT2D eigenvalue weighted by Gasteiger charge is -2.07. The normalized spacial score (nSPS) is 10.5. The van der Waals surface area contributed by atoms with Crippen LogP contribution in [-0.4, -0.2) is 31.7 Å². The number of amides is 1. The molecule has 7 nitrogen and oxygen atoms in total. The number of H-pyrrole nitrogens is 1. The standard InChI is InChI=1S/C12H13F2NO3.C10H7F2NO2/c1-3-18-5-4-11(16)15-10-7-8(17-2)6-9(13)12(10)14;1-15-7-4-6(11)9(12)10-5(7)2-3-8(14)13-10/h4-7H,3H2,1-2H3,(H,15,16);2-4H,1H3,(H,13,14)/b5-4+;. The average molecular weight is 468 g/mol. The highest BCUT2D eigenvalue weighted by Crippen LogP contribution is 2.27. The summed E-state index contributed by atoms with van der Waals surface area (Å²) < 4.78 is 67.3. The van der Waals surface area contributed by atoms with Gasteiger partial charge in [0.2, 0.25) is 5.56 Å². The lowest BCUT2D eigenvalue weighted by molar-refractivity contribution is -0.112. The number of fused-ring (bicyclic) bond motifs is 1. The number of nitrogens with one attached hydrogen (secondary N) is 2. The molecule has 0 radical (unpaired) electrons. The van der Waals surface area contributed by atoms with Crippen LogP contribution in [0.3, 0.4) is 0 Å². The van der Waals surface area contributed by atoms with E-state index in [-0.39, 0.29) is 22.7 Å². The van der Waals surface area contributed by atoms with E-state index in [2.05, 4.69) is 10.3 Å². The number of pyridine rings is 1. The van der Waals surface area contributed by atoms with Crippen LogP contribution >= 0.6 is 0 Å². The van der Waals surface area contributed by atoms with Crippen LogP contribution in [0.4, 0.5) is 23.2 Å². The molecule has 0 aliphatic heterocycles. The molecule has 0 saturated heterocycles. The van der Waals surface area contributed by atoms with Crippen LogP contribution in [0, 0.1) is 23.3 Å². The first-order valence-corrected chi connectivity index (χ1v) is 9.39. The fourth-order valence-electron chi connectivity index (χ4n) is 2.55. The van der Waals surface area contributed by atoms with Crippen LogP contribution in [0.1, 0.15) is 6.92 Å². The van der Waals surface area contributed by atoms with Gasteiger partial charge in [-0.2, -0.15) is 0 Å². The number of aromatic amines is 1. The molecule has 2 aromatic carbocycles. The molecule has 0 bridgehead atoms. The van der Waals surface area contributed by atoms with E-state index in [1.807, 2.05) is 0 Å². The van der Waals surface area contributed by atoms with Gasteiger partial charge in [0.25, 0.3) is 5.91 Å². The molecule has 0 aliphatic carbocycles. The van der Waals surface area contributed by atoms with Crippen LogP contribution in [-0.2, 0) is 9.53 Å². The topological polar surface area (TPSA) is 89.7 Å². The fourth-order valence-corrected chi connectivity index (χ4v) is 2.55. The van der Waals surface area contributed by atoms with Crippen LogP contribution in [0.2, 0.25) is 0 Å². The van der Waals surface area contributed by atoms with Gasteiger partial charge in [0.15, 0.2) is 23.3 Å². The molecule has 11 heteroatoms. The first-order chi connectivity index (χ1) is 15.7. The Bertz CT molecular complexity index is 1230. The fraction of sp³-hybridized carbons (Fsp3) is 0.182. The number of methoxy groups -OCH3 is 2.